The highest BCUT2D eigenvalue weighted by Crippen LogP contribution is 2.47. The van der Waals surface area contributed by atoms with E-state index in [1.807, 2.05) is 29.2 Å². The Hall–Kier alpha value is -2.20. The van der Waals surface area contributed by atoms with E-state index in [1.54, 1.807) is 0 Å². The van der Waals surface area contributed by atoms with Gasteiger partial charge in [-0.25, -0.2) is 4.39 Å². The van der Waals surface area contributed by atoms with Gasteiger partial charge < -0.3 is 4.90 Å². The molecular formula is C22H25FN2O. The van der Waals surface area contributed by atoms with Crippen LogP contribution >= 0.6 is 0 Å². The number of nitrogens with zero attached hydrogens (tertiary/aromatic N) is 2. The molecule has 136 valence electrons. The van der Waals surface area contributed by atoms with E-state index in [-0.39, 0.29) is 11.7 Å². The van der Waals surface area contributed by atoms with Gasteiger partial charge in [-0.3, -0.25) is 9.69 Å². The lowest BCUT2D eigenvalue weighted by molar-refractivity contribution is -0.122. The summed E-state index contributed by atoms with van der Waals surface area (Å²) in [4.78, 5) is 17.7. The maximum atomic E-state index is 13.4. The van der Waals surface area contributed by atoms with Gasteiger partial charge in [-0.2, -0.15) is 0 Å². The monoisotopic (exact) mass is 352 g/mol. The van der Waals surface area contributed by atoms with Crippen LogP contribution in [0.2, 0.25) is 0 Å². The Morgan fingerprint density at radius 1 is 1.12 bits per heavy atom. The number of hydrogen-bond donors (Lipinski definition) is 0. The Bertz CT molecular complexity index is 817. The topological polar surface area (TPSA) is 23.6 Å². The van der Waals surface area contributed by atoms with Gasteiger partial charge in [0.2, 0.25) is 5.91 Å². The first-order valence-corrected chi connectivity index (χ1v) is 9.38. The highest BCUT2D eigenvalue weighted by atomic mass is 19.1. The van der Waals surface area contributed by atoms with E-state index in [1.165, 1.54) is 17.7 Å². The minimum atomic E-state index is -0.425. The second-order valence-corrected chi connectivity index (χ2v) is 8.00. The van der Waals surface area contributed by atoms with E-state index in [9.17, 15) is 9.18 Å². The molecule has 0 saturated carbocycles. The zero-order valence-corrected chi connectivity index (χ0v) is 15.4. The highest BCUT2D eigenvalue weighted by Gasteiger charge is 2.54. The summed E-state index contributed by atoms with van der Waals surface area (Å²) >= 11 is 0. The molecule has 1 fully saturated rings. The van der Waals surface area contributed by atoms with E-state index in [0.717, 1.165) is 43.9 Å². The Labute approximate surface area is 154 Å². The molecule has 1 amide bonds. The molecule has 1 atom stereocenters. The summed E-state index contributed by atoms with van der Waals surface area (Å²) in [5.74, 6) is 0.462. The summed E-state index contributed by atoms with van der Waals surface area (Å²) in [5.41, 5.74) is 2.91. The van der Waals surface area contributed by atoms with Gasteiger partial charge in [-0.1, -0.05) is 44.2 Å². The second kappa shape index (κ2) is 6.51. The van der Waals surface area contributed by atoms with E-state index < -0.39 is 5.41 Å². The first kappa shape index (κ1) is 17.2. The van der Waals surface area contributed by atoms with Crippen LogP contribution in [-0.4, -0.2) is 30.4 Å². The van der Waals surface area contributed by atoms with Crippen molar-refractivity contribution in [3.05, 3.63) is 65.5 Å². The smallest absolute Gasteiger partial charge is 0.239 e. The molecule has 2 heterocycles. The minimum absolute atomic E-state index is 0.212. The highest BCUT2D eigenvalue weighted by molar-refractivity contribution is 6.08. The molecule has 1 saturated heterocycles. The summed E-state index contributed by atoms with van der Waals surface area (Å²) in [7, 11) is 0. The molecule has 2 aliphatic rings. The Kier molecular flexibility index (Phi) is 4.31. The van der Waals surface area contributed by atoms with Gasteiger partial charge in [0, 0.05) is 25.3 Å². The number of fused-ring (bicyclic) bond motifs is 2. The lowest BCUT2D eigenvalue weighted by atomic mass is 9.81. The van der Waals surface area contributed by atoms with Gasteiger partial charge in [0.25, 0.3) is 0 Å². The third-order valence-electron chi connectivity index (χ3n) is 5.58. The molecule has 2 aliphatic heterocycles. The quantitative estimate of drug-likeness (QED) is 0.831. The number of carbonyl (C=O) groups is 1. The lowest BCUT2D eigenvalue weighted by Crippen LogP contribution is -2.43. The van der Waals surface area contributed by atoms with Crippen molar-refractivity contribution in [2.24, 2.45) is 5.92 Å². The van der Waals surface area contributed by atoms with Gasteiger partial charge in [0.15, 0.2) is 0 Å². The molecular weight excluding hydrogens is 327 g/mol. The van der Waals surface area contributed by atoms with Gasteiger partial charge >= 0.3 is 0 Å². The van der Waals surface area contributed by atoms with Gasteiger partial charge in [0.05, 0.1) is 5.41 Å². The molecule has 3 nitrogen and oxygen atoms in total. The number of hydrogen-bond acceptors (Lipinski definition) is 2. The zero-order valence-electron chi connectivity index (χ0n) is 15.4. The molecule has 26 heavy (non-hydrogen) atoms. The van der Waals surface area contributed by atoms with Crippen LogP contribution in [0, 0.1) is 11.7 Å². The number of carbonyl (C=O) groups excluding carboxylic acids is 1. The summed E-state index contributed by atoms with van der Waals surface area (Å²) in [6.07, 6.45) is 0.846. The number of benzene rings is 2. The molecule has 2 aromatic rings. The number of para-hydroxylation sites is 1. The van der Waals surface area contributed by atoms with Crippen molar-refractivity contribution in [1.29, 1.82) is 0 Å². The van der Waals surface area contributed by atoms with Crippen LogP contribution in [0.25, 0.3) is 0 Å². The summed E-state index contributed by atoms with van der Waals surface area (Å²) in [6.45, 7) is 7.42. The summed E-state index contributed by atoms with van der Waals surface area (Å²) in [5, 5.41) is 0. The van der Waals surface area contributed by atoms with Crippen LogP contribution < -0.4 is 4.90 Å². The fourth-order valence-corrected chi connectivity index (χ4v) is 4.41. The number of amides is 1. The van der Waals surface area contributed by atoms with E-state index in [2.05, 4.69) is 30.9 Å². The van der Waals surface area contributed by atoms with Gasteiger partial charge in [-0.05, 0) is 48.2 Å². The molecule has 0 aromatic heterocycles. The van der Waals surface area contributed by atoms with Crippen molar-refractivity contribution in [3.63, 3.8) is 0 Å². The maximum Gasteiger partial charge on any atom is 0.239 e. The third kappa shape index (κ3) is 2.82. The van der Waals surface area contributed by atoms with Crippen LogP contribution in [0.15, 0.2) is 48.5 Å². The Balaban J connectivity index is 1.60. The van der Waals surface area contributed by atoms with Crippen LogP contribution in [0.5, 0.6) is 0 Å². The molecule has 0 radical (unpaired) electrons. The molecule has 2 aromatic carbocycles. The van der Waals surface area contributed by atoms with Gasteiger partial charge in [0.1, 0.15) is 5.82 Å². The average molecular weight is 352 g/mol. The summed E-state index contributed by atoms with van der Waals surface area (Å²) in [6, 6.07) is 14.9. The number of likely N-dealkylation sites (tertiary alicyclic amines) is 1. The fraction of sp³-hybridized carbons (Fsp3) is 0.409. The SMILES string of the molecule is CC(C)CN1C(=O)[C@@]2(CCN(Cc3ccc(F)cc3)C2)c2ccccc21. The first-order valence-electron chi connectivity index (χ1n) is 9.38. The normalized spacial score (nSPS) is 22.6. The third-order valence-corrected chi connectivity index (χ3v) is 5.58. The largest absolute Gasteiger partial charge is 0.311 e. The fourth-order valence-electron chi connectivity index (χ4n) is 4.41. The number of halogens is 1. The predicted molar refractivity (Wildman–Crippen MR) is 102 cm³/mol. The number of anilines is 1. The standard InChI is InChI=1S/C22H25FN2O/c1-16(2)13-25-20-6-4-3-5-19(20)22(21(25)26)11-12-24(15-22)14-17-7-9-18(23)10-8-17/h3-10,16H,11-15H2,1-2H3/t22-/m1/s1. The Morgan fingerprint density at radius 2 is 1.85 bits per heavy atom. The first-order chi connectivity index (χ1) is 12.5. The zero-order chi connectivity index (χ0) is 18.3. The van der Waals surface area contributed by atoms with Crippen LogP contribution in [-0.2, 0) is 16.8 Å². The molecule has 4 rings (SSSR count). The molecule has 0 N–H and O–H groups in total. The van der Waals surface area contributed by atoms with Crippen molar-refractivity contribution in [3.8, 4) is 0 Å². The van der Waals surface area contributed by atoms with Crippen molar-refractivity contribution >= 4 is 11.6 Å². The van der Waals surface area contributed by atoms with E-state index in [4.69, 9.17) is 0 Å². The predicted octanol–water partition coefficient (Wildman–Crippen LogP) is 3.97. The van der Waals surface area contributed by atoms with E-state index >= 15 is 0 Å². The van der Waals surface area contributed by atoms with Crippen LogP contribution in [0.4, 0.5) is 10.1 Å². The minimum Gasteiger partial charge on any atom is -0.311 e. The number of rotatable bonds is 4. The van der Waals surface area contributed by atoms with Crippen molar-refractivity contribution in [2.75, 3.05) is 24.5 Å². The summed E-state index contributed by atoms with van der Waals surface area (Å²) < 4.78 is 13.1. The molecule has 4 heteroatoms. The van der Waals surface area contributed by atoms with Crippen LogP contribution in [0.1, 0.15) is 31.4 Å². The van der Waals surface area contributed by atoms with Gasteiger partial charge in [-0.15, -0.1) is 0 Å². The molecule has 0 bridgehead atoms. The molecule has 0 aliphatic carbocycles. The Morgan fingerprint density at radius 3 is 2.58 bits per heavy atom. The second-order valence-electron chi connectivity index (χ2n) is 8.00. The lowest BCUT2D eigenvalue weighted by Gasteiger charge is -2.25. The van der Waals surface area contributed by atoms with E-state index in [0.29, 0.717) is 5.92 Å². The maximum absolute atomic E-state index is 13.4. The van der Waals surface area contributed by atoms with Crippen molar-refractivity contribution < 1.29 is 9.18 Å². The molecule has 1 spiro atoms. The molecule has 0 unspecified atom stereocenters. The van der Waals surface area contributed by atoms with Crippen LogP contribution in [0.3, 0.4) is 0 Å². The van der Waals surface area contributed by atoms with Crippen molar-refractivity contribution in [1.82, 2.24) is 4.90 Å². The average Bonchev–Trinajstić information content (AvgIpc) is 3.14. The van der Waals surface area contributed by atoms with Crippen molar-refractivity contribution in [2.45, 2.75) is 32.2 Å².